The number of amides is 1. The Kier molecular flexibility index (Phi) is 39.0. The summed E-state index contributed by atoms with van der Waals surface area (Å²) in [5.74, 6) is -0.172. The topological polar surface area (TPSA) is 175 Å². The molecule has 0 aromatic carbocycles. The molecule has 0 aromatic rings. The van der Waals surface area contributed by atoms with Crippen LogP contribution in [0.4, 0.5) is 0 Å². The van der Waals surface area contributed by atoms with Crippen molar-refractivity contribution in [2.45, 2.75) is 300 Å². The lowest BCUT2D eigenvalue weighted by Crippen LogP contribution is -2.61. The van der Waals surface area contributed by atoms with Crippen molar-refractivity contribution in [2.24, 2.45) is 5.73 Å². The first-order valence-corrected chi connectivity index (χ1v) is 25.9. The van der Waals surface area contributed by atoms with Gasteiger partial charge in [-0.25, -0.2) is 0 Å². The van der Waals surface area contributed by atoms with E-state index in [0.29, 0.717) is 12.8 Å². The molecule has 60 heavy (non-hydrogen) atoms. The lowest BCUT2D eigenvalue weighted by Gasteiger charge is -2.40. The van der Waals surface area contributed by atoms with Crippen LogP contribution in [0.15, 0.2) is 0 Å². The molecule has 0 aromatic heterocycles. The zero-order valence-corrected chi connectivity index (χ0v) is 39.2. The van der Waals surface area contributed by atoms with Gasteiger partial charge < -0.3 is 46.1 Å². The van der Waals surface area contributed by atoms with E-state index in [1.165, 1.54) is 186 Å². The first-order valence-electron chi connectivity index (χ1n) is 25.9. The number of ether oxygens (including phenoxy) is 2. The Morgan fingerprint density at radius 3 is 1.27 bits per heavy atom. The summed E-state index contributed by atoms with van der Waals surface area (Å²) in [4.78, 5) is 13.1. The van der Waals surface area contributed by atoms with Crippen LogP contribution < -0.4 is 11.1 Å². The number of carbonyl (C=O) groups is 1. The van der Waals surface area contributed by atoms with Crippen LogP contribution in [0.3, 0.4) is 0 Å². The average molecular weight is 857 g/mol. The van der Waals surface area contributed by atoms with Crippen molar-refractivity contribution >= 4 is 5.91 Å². The van der Waals surface area contributed by atoms with E-state index in [1.54, 1.807) is 0 Å². The van der Waals surface area contributed by atoms with Crippen molar-refractivity contribution in [2.75, 3.05) is 13.2 Å². The van der Waals surface area contributed by atoms with Gasteiger partial charge in [-0.1, -0.05) is 232 Å². The maximum absolute atomic E-state index is 13.1. The third-order valence-electron chi connectivity index (χ3n) is 12.9. The minimum Gasteiger partial charge on any atom is -0.394 e. The molecular weight excluding hydrogens is 757 g/mol. The predicted octanol–water partition coefficient (Wildman–Crippen LogP) is 10.4. The Morgan fingerprint density at radius 2 is 0.900 bits per heavy atom. The van der Waals surface area contributed by atoms with Crippen LogP contribution in [-0.4, -0.2) is 93.5 Å². The fourth-order valence-electron chi connectivity index (χ4n) is 8.66. The fraction of sp³-hybridized carbons (Fsp3) is 0.980. The van der Waals surface area contributed by atoms with Gasteiger partial charge in [-0.05, 0) is 12.8 Å². The van der Waals surface area contributed by atoms with E-state index in [9.17, 15) is 30.3 Å². The molecule has 358 valence electrons. The molecule has 8 N–H and O–H groups in total. The molecule has 10 nitrogen and oxygen atoms in total. The Bertz CT molecular complexity index is 929. The Morgan fingerprint density at radius 1 is 0.550 bits per heavy atom. The molecule has 0 unspecified atom stereocenters. The van der Waals surface area contributed by atoms with E-state index in [2.05, 4.69) is 19.2 Å². The van der Waals surface area contributed by atoms with Crippen molar-refractivity contribution in [3.8, 4) is 0 Å². The average Bonchev–Trinajstić information content (AvgIpc) is 3.25. The Balaban J connectivity index is 2.26. The van der Waals surface area contributed by atoms with Gasteiger partial charge in [-0.3, -0.25) is 4.79 Å². The van der Waals surface area contributed by atoms with Crippen LogP contribution in [0.5, 0.6) is 0 Å². The van der Waals surface area contributed by atoms with Crippen LogP contribution in [0.1, 0.15) is 251 Å². The number of aliphatic hydroxyl groups excluding tert-OH is 5. The Labute approximate surface area is 369 Å². The predicted molar refractivity (Wildman–Crippen MR) is 248 cm³/mol. The van der Waals surface area contributed by atoms with E-state index in [0.717, 1.165) is 38.5 Å². The van der Waals surface area contributed by atoms with Crippen LogP contribution >= 0.6 is 0 Å². The SMILES string of the molecule is CCCCCCCCCCCCCCCCCCCCCCCCCC(=O)N[C@@H](CO[C@H]1O[C@H](CO)[C@H](O)[C@H](O)[C@H]1O)[C@H](N)[C@H](O)CCCCCCCCCCCCCC. The minimum absolute atomic E-state index is 0.172. The van der Waals surface area contributed by atoms with E-state index in [-0.39, 0.29) is 12.5 Å². The van der Waals surface area contributed by atoms with Gasteiger partial charge in [-0.15, -0.1) is 0 Å². The summed E-state index contributed by atoms with van der Waals surface area (Å²) in [7, 11) is 0. The number of carbonyl (C=O) groups excluding carboxylic acids is 1. The summed E-state index contributed by atoms with van der Waals surface area (Å²) < 4.78 is 11.3. The monoisotopic (exact) mass is 857 g/mol. The molecule has 0 saturated carbocycles. The number of hydrogen-bond donors (Lipinski definition) is 7. The standard InChI is InChI=1S/C50H100N2O8/c1-3-5-7-9-11-13-15-17-18-19-20-21-22-23-24-25-26-27-29-31-33-35-37-39-45(55)52-42(41-59-50-49(58)48(57)47(56)44(40-53)60-50)46(51)43(54)38-36-34-32-30-28-16-14-12-10-8-6-4-2/h42-44,46-50,53-54,56-58H,3-41,51H2,1-2H3,(H,52,55)/t42-,43+,44+,46-,47-,48-,49+,50-/m0/s1. The molecule has 0 spiro atoms. The molecule has 0 radical (unpaired) electrons. The molecule has 1 aliphatic heterocycles. The van der Waals surface area contributed by atoms with Gasteiger partial charge in [0.15, 0.2) is 6.29 Å². The molecule has 1 fully saturated rings. The molecular formula is C50H100N2O8. The molecule has 0 aliphatic carbocycles. The first kappa shape index (κ1) is 57.2. The quantitative estimate of drug-likeness (QED) is 0.0294. The van der Waals surface area contributed by atoms with Crippen molar-refractivity contribution < 1.29 is 39.8 Å². The second-order valence-corrected chi connectivity index (χ2v) is 18.6. The zero-order valence-electron chi connectivity index (χ0n) is 39.2. The molecule has 10 heteroatoms. The van der Waals surface area contributed by atoms with Gasteiger partial charge in [0.25, 0.3) is 0 Å². The third kappa shape index (κ3) is 30.3. The van der Waals surface area contributed by atoms with E-state index in [4.69, 9.17) is 15.2 Å². The largest absolute Gasteiger partial charge is 0.394 e. The highest BCUT2D eigenvalue weighted by molar-refractivity contribution is 5.76. The lowest BCUT2D eigenvalue weighted by molar-refractivity contribution is -0.302. The Hall–Kier alpha value is -0.850. The molecule has 8 atom stereocenters. The van der Waals surface area contributed by atoms with E-state index < -0.39 is 55.5 Å². The van der Waals surface area contributed by atoms with Crippen LogP contribution in [0, 0.1) is 0 Å². The second kappa shape index (κ2) is 40.9. The van der Waals surface area contributed by atoms with Crippen molar-refractivity contribution in [3.63, 3.8) is 0 Å². The lowest BCUT2D eigenvalue weighted by atomic mass is 9.97. The molecule has 1 heterocycles. The number of nitrogens with one attached hydrogen (secondary N) is 1. The number of unbranched alkanes of at least 4 members (excludes halogenated alkanes) is 33. The van der Waals surface area contributed by atoms with Crippen molar-refractivity contribution in [1.82, 2.24) is 5.32 Å². The van der Waals surface area contributed by atoms with Crippen molar-refractivity contribution in [3.05, 3.63) is 0 Å². The number of nitrogens with two attached hydrogens (primary N) is 1. The first-order chi connectivity index (χ1) is 29.3. The van der Waals surface area contributed by atoms with Gasteiger partial charge in [0.1, 0.15) is 24.4 Å². The zero-order chi connectivity index (χ0) is 43.9. The minimum atomic E-state index is -1.57. The van der Waals surface area contributed by atoms with Gasteiger partial charge in [0.2, 0.25) is 5.91 Å². The van der Waals surface area contributed by atoms with Crippen LogP contribution in [-0.2, 0) is 14.3 Å². The van der Waals surface area contributed by atoms with Crippen LogP contribution in [0.2, 0.25) is 0 Å². The number of aliphatic hydroxyl groups is 5. The second-order valence-electron chi connectivity index (χ2n) is 18.6. The van der Waals surface area contributed by atoms with E-state index in [1.807, 2.05) is 0 Å². The molecule has 0 bridgehead atoms. The summed E-state index contributed by atoms with van der Waals surface area (Å²) in [6.07, 6.45) is 37.9. The highest BCUT2D eigenvalue weighted by Crippen LogP contribution is 2.23. The summed E-state index contributed by atoms with van der Waals surface area (Å²) in [6.45, 7) is 3.79. The van der Waals surface area contributed by atoms with Gasteiger partial charge in [-0.2, -0.15) is 0 Å². The molecule has 1 saturated heterocycles. The fourth-order valence-corrected chi connectivity index (χ4v) is 8.66. The summed E-state index contributed by atoms with van der Waals surface area (Å²) >= 11 is 0. The summed E-state index contributed by atoms with van der Waals surface area (Å²) in [5.41, 5.74) is 6.54. The smallest absolute Gasteiger partial charge is 0.220 e. The maximum atomic E-state index is 13.1. The van der Waals surface area contributed by atoms with E-state index >= 15 is 0 Å². The number of hydrogen-bond acceptors (Lipinski definition) is 9. The normalized spacial score (nSPS) is 21.0. The highest BCUT2D eigenvalue weighted by Gasteiger charge is 2.44. The van der Waals surface area contributed by atoms with Gasteiger partial charge >= 0.3 is 0 Å². The van der Waals surface area contributed by atoms with Crippen molar-refractivity contribution in [1.29, 1.82) is 0 Å². The molecule has 1 aliphatic rings. The molecule has 1 amide bonds. The highest BCUT2D eigenvalue weighted by atomic mass is 16.7. The molecule has 1 rings (SSSR count). The van der Waals surface area contributed by atoms with Gasteiger partial charge in [0, 0.05) is 6.42 Å². The van der Waals surface area contributed by atoms with Crippen LogP contribution in [0.25, 0.3) is 0 Å². The van der Waals surface area contributed by atoms with Gasteiger partial charge in [0.05, 0.1) is 31.4 Å². The maximum Gasteiger partial charge on any atom is 0.220 e. The summed E-state index contributed by atoms with van der Waals surface area (Å²) in [6, 6.07) is -1.58. The summed E-state index contributed by atoms with van der Waals surface area (Å²) in [5, 5.41) is 54.4. The third-order valence-corrected chi connectivity index (χ3v) is 12.9. The number of rotatable bonds is 44.